The number of nitrogens with zero attached hydrogens (tertiary/aromatic N) is 2. The van der Waals surface area contributed by atoms with Crippen molar-refractivity contribution in [3.8, 4) is 5.75 Å². The van der Waals surface area contributed by atoms with Crippen molar-refractivity contribution in [3.05, 3.63) is 111 Å². The molecule has 4 aromatic carbocycles. The van der Waals surface area contributed by atoms with E-state index < -0.39 is 20.9 Å². The first-order valence-electron chi connectivity index (χ1n) is 13.0. The van der Waals surface area contributed by atoms with Crippen molar-refractivity contribution in [2.75, 3.05) is 11.9 Å². The summed E-state index contributed by atoms with van der Waals surface area (Å²) in [5.41, 5.74) is 1.66. The fourth-order valence-corrected chi connectivity index (χ4v) is 6.05. The van der Waals surface area contributed by atoms with Crippen LogP contribution in [-0.2, 0) is 26.0 Å². The maximum absolute atomic E-state index is 12.7. The van der Waals surface area contributed by atoms with Crippen LogP contribution in [0.5, 0.6) is 5.75 Å². The molecule has 2 N–H and O–H groups in total. The lowest BCUT2D eigenvalue weighted by Gasteiger charge is -2.10. The number of aliphatic imine (C=N–C) groups is 1. The minimum atomic E-state index is -4.19. The summed E-state index contributed by atoms with van der Waals surface area (Å²) in [6.45, 7) is 2.38. The van der Waals surface area contributed by atoms with Gasteiger partial charge < -0.3 is 10.1 Å². The van der Waals surface area contributed by atoms with Gasteiger partial charge in [0.05, 0.1) is 27.8 Å². The average molecular weight is 617 g/mol. The summed E-state index contributed by atoms with van der Waals surface area (Å²) >= 11 is 1.19. The van der Waals surface area contributed by atoms with Crippen molar-refractivity contribution in [2.24, 2.45) is 4.99 Å². The summed E-state index contributed by atoms with van der Waals surface area (Å²) < 4.78 is 32.7. The molecule has 2 amide bonds. The maximum Gasteiger partial charge on any atom is 0.286 e. The molecule has 0 bridgehead atoms. The summed E-state index contributed by atoms with van der Waals surface area (Å²) in [7, 11) is -4.19. The Kier molecular flexibility index (Phi) is 8.55. The van der Waals surface area contributed by atoms with Crippen molar-refractivity contribution < 1.29 is 27.7 Å². The molecule has 43 heavy (non-hydrogen) atoms. The predicted octanol–water partition coefficient (Wildman–Crippen LogP) is 5.28. The highest BCUT2D eigenvalue weighted by molar-refractivity contribution is 8.18. The average Bonchev–Trinajstić information content (AvgIpc) is 3.32. The van der Waals surface area contributed by atoms with Crippen LogP contribution in [0.2, 0.25) is 0 Å². The predicted molar refractivity (Wildman–Crippen MR) is 165 cm³/mol. The summed E-state index contributed by atoms with van der Waals surface area (Å²) in [6.07, 6.45) is 1.54. The van der Waals surface area contributed by atoms with Gasteiger partial charge in [-0.25, -0.2) is 13.1 Å². The van der Waals surface area contributed by atoms with Crippen LogP contribution in [-0.4, -0.2) is 36.9 Å². The zero-order valence-electron chi connectivity index (χ0n) is 22.6. The van der Waals surface area contributed by atoms with E-state index in [1.807, 2.05) is 48.0 Å². The quantitative estimate of drug-likeness (QED) is 0.145. The van der Waals surface area contributed by atoms with Crippen LogP contribution in [0.4, 0.5) is 11.4 Å². The van der Waals surface area contributed by atoms with Gasteiger partial charge in [-0.1, -0.05) is 36.4 Å². The zero-order chi connectivity index (χ0) is 30.6. The van der Waals surface area contributed by atoms with Crippen LogP contribution >= 0.6 is 11.8 Å². The Morgan fingerprint density at radius 1 is 1.02 bits per heavy atom. The second kappa shape index (κ2) is 12.5. The standard InChI is InChI=1S/C30H24N4O7S2/c1-2-41-26-17-21-6-4-3-5-20(21)16-22(26)18-27-29(36)32-30(42-27)31-23-9-7-19(8-10-23)15-28(35)33-43(39,40)25-13-11-24(12-14-25)34(37)38/h3-14,16-18H,2,15H2,1H3,(H,33,35)(H,31,32,36)/b27-18+. The van der Waals surface area contributed by atoms with Crippen LogP contribution in [0.15, 0.2) is 99.7 Å². The number of thioether (sulfide) groups is 1. The Labute approximate surface area is 250 Å². The van der Waals surface area contributed by atoms with E-state index in [1.165, 1.54) is 11.8 Å². The monoisotopic (exact) mass is 616 g/mol. The fourth-order valence-electron chi connectivity index (χ4n) is 4.24. The van der Waals surface area contributed by atoms with Crippen LogP contribution in [0.1, 0.15) is 18.1 Å². The Hall–Kier alpha value is -5.01. The summed E-state index contributed by atoms with van der Waals surface area (Å²) in [6, 6.07) is 22.7. The lowest BCUT2D eigenvalue weighted by atomic mass is 10.1. The third-order valence-corrected chi connectivity index (χ3v) is 8.55. The number of nitro groups is 1. The molecule has 1 heterocycles. The third kappa shape index (κ3) is 7.08. The van der Waals surface area contributed by atoms with Crippen LogP contribution in [0.3, 0.4) is 0 Å². The van der Waals surface area contributed by atoms with Gasteiger partial charge in [0.25, 0.3) is 21.6 Å². The molecule has 1 aliphatic heterocycles. The lowest BCUT2D eigenvalue weighted by Crippen LogP contribution is -2.31. The number of hydrogen-bond donors (Lipinski definition) is 2. The molecule has 0 unspecified atom stereocenters. The van der Waals surface area contributed by atoms with Crippen molar-refractivity contribution in [1.82, 2.24) is 4.72 Å². The number of anilines is 1. The minimum Gasteiger partial charge on any atom is -0.493 e. The number of non-ortho nitro benzene ring substituents is 1. The number of benzene rings is 4. The molecule has 0 atom stereocenters. The minimum absolute atomic E-state index is 0.221. The van der Waals surface area contributed by atoms with E-state index in [4.69, 9.17) is 4.74 Å². The van der Waals surface area contributed by atoms with Gasteiger partial charge in [-0.2, -0.15) is 4.99 Å². The van der Waals surface area contributed by atoms with Gasteiger partial charge in [-0.3, -0.25) is 19.7 Å². The molecule has 218 valence electrons. The number of carbonyl (C=O) groups excluding carboxylic acids is 2. The molecule has 0 aliphatic carbocycles. The smallest absolute Gasteiger partial charge is 0.286 e. The number of ether oxygens (including phenoxy) is 1. The van der Waals surface area contributed by atoms with E-state index in [-0.39, 0.29) is 22.9 Å². The molecule has 0 fully saturated rings. The Morgan fingerprint density at radius 3 is 2.35 bits per heavy atom. The molecule has 11 nitrogen and oxygen atoms in total. The van der Waals surface area contributed by atoms with Gasteiger partial charge in [0.2, 0.25) is 5.91 Å². The normalized spacial score (nSPS) is 14.0. The first-order chi connectivity index (χ1) is 20.6. The number of sulfonamides is 1. The highest BCUT2D eigenvalue weighted by Gasteiger charge is 2.23. The molecule has 0 aromatic heterocycles. The zero-order valence-corrected chi connectivity index (χ0v) is 24.3. The Bertz CT molecular complexity index is 1900. The van der Waals surface area contributed by atoms with Crippen LogP contribution < -0.4 is 14.8 Å². The van der Waals surface area contributed by atoms with Crippen molar-refractivity contribution in [2.45, 2.75) is 18.2 Å². The summed E-state index contributed by atoms with van der Waals surface area (Å²) in [5.74, 6) is -0.482. The van der Waals surface area contributed by atoms with Gasteiger partial charge >= 0.3 is 0 Å². The third-order valence-electron chi connectivity index (χ3n) is 6.26. The van der Waals surface area contributed by atoms with Crippen molar-refractivity contribution in [3.63, 3.8) is 0 Å². The molecule has 0 spiro atoms. The van der Waals surface area contributed by atoms with Gasteiger partial charge in [-0.15, -0.1) is 0 Å². The van der Waals surface area contributed by atoms with E-state index in [0.29, 0.717) is 33.7 Å². The molecular weight excluding hydrogens is 592 g/mol. The van der Waals surface area contributed by atoms with E-state index in [9.17, 15) is 28.1 Å². The van der Waals surface area contributed by atoms with E-state index in [2.05, 4.69) is 10.3 Å². The Morgan fingerprint density at radius 2 is 1.70 bits per heavy atom. The van der Waals surface area contributed by atoms with Crippen molar-refractivity contribution >= 4 is 67.0 Å². The van der Waals surface area contributed by atoms with Crippen molar-refractivity contribution in [1.29, 1.82) is 0 Å². The number of amidine groups is 1. The highest BCUT2D eigenvalue weighted by Crippen LogP contribution is 2.34. The van der Waals surface area contributed by atoms with Gasteiger partial charge in [-0.05, 0) is 77.5 Å². The summed E-state index contributed by atoms with van der Waals surface area (Å²) in [5, 5.41) is 16.3. The van der Waals surface area contributed by atoms with E-state index in [0.717, 1.165) is 40.6 Å². The SMILES string of the molecule is CCOc1cc2ccccc2cc1/C=C1/SC(Nc2ccc(CC(=O)NS(=O)(=O)c3ccc([N+](=O)[O-])cc3)cc2)=NC1=O. The molecule has 5 rings (SSSR count). The number of nitro benzene ring substituents is 1. The van der Waals surface area contributed by atoms with Gasteiger partial charge in [0.15, 0.2) is 5.17 Å². The first kappa shape index (κ1) is 29.5. The first-order valence-corrected chi connectivity index (χ1v) is 15.3. The highest BCUT2D eigenvalue weighted by atomic mass is 32.2. The number of nitrogens with one attached hydrogen (secondary N) is 2. The number of hydrogen-bond acceptors (Lipinski definition) is 9. The van der Waals surface area contributed by atoms with E-state index in [1.54, 1.807) is 30.3 Å². The second-order valence-corrected chi connectivity index (χ2v) is 12.0. The topological polar surface area (TPSA) is 157 Å². The number of carbonyl (C=O) groups is 2. The number of fused-ring (bicyclic) bond motifs is 1. The molecular formula is C30H24N4O7S2. The molecule has 0 saturated heterocycles. The summed E-state index contributed by atoms with van der Waals surface area (Å²) in [4.78, 5) is 39.5. The lowest BCUT2D eigenvalue weighted by molar-refractivity contribution is -0.384. The molecule has 1 aliphatic rings. The maximum atomic E-state index is 12.7. The number of rotatable bonds is 9. The van der Waals surface area contributed by atoms with Gasteiger partial charge in [0.1, 0.15) is 5.75 Å². The largest absolute Gasteiger partial charge is 0.493 e. The Balaban J connectivity index is 1.21. The number of amides is 2. The van der Waals surface area contributed by atoms with Gasteiger partial charge in [0, 0.05) is 23.4 Å². The second-order valence-electron chi connectivity index (χ2n) is 9.28. The molecule has 0 radical (unpaired) electrons. The van der Waals surface area contributed by atoms with Crippen LogP contribution in [0, 0.1) is 10.1 Å². The fraction of sp³-hybridized carbons (Fsp3) is 0.100. The molecule has 4 aromatic rings. The molecule has 0 saturated carbocycles. The molecule has 13 heteroatoms. The van der Waals surface area contributed by atoms with Crippen LogP contribution in [0.25, 0.3) is 16.8 Å². The van der Waals surface area contributed by atoms with E-state index >= 15 is 0 Å².